The maximum absolute atomic E-state index is 5.48. The van der Waals surface area contributed by atoms with Gasteiger partial charge in [0.1, 0.15) is 0 Å². The molecule has 12 unspecified atom stereocenters. The van der Waals surface area contributed by atoms with Crippen LogP contribution >= 0.6 is 0 Å². The van der Waals surface area contributed by atoms with E-state index in [2.05, 4.69) is 80.4 Å². The van der Waals surface area contributed by atoms with Crippen molar-refractivity contribution < 1.29 is 0 Å². The molecule has 0 spiro atoms. The average molecular weight is 563 g/mol. The zero-order valence-electron chi connectivity index (χ0n) is 23.8. The van der Waals surface area contributed by atoms with Gasteiger partial charge in [-0.25, -0.2) is 0 Å². The van der Waals surface area contributed by atoms with Crippen LogP contribution < -0.4 is 31.9 Å². The van der Waals surface area contributed by atoms with Gasteiger partial charge in [0.05, 0.1) is 24.7 Å². The van der Waals surface area contributed by atoms with E-state index in [1.807, 2.05) is 0 Å². The summed E-state index contributed by atoms with van der Waals surface area (Å²) >= 11 is 0. The third-order valence-corrected chi connectivity index (χ3v) is 11.3. The van der Waals surface area contributed by atoms with Gasteiger partial charge < -0.3 is 31.9 Å². The van der Waals surface area contributed by atoms with Gasteiger partial charge in [-0.05, 0) is 45.9 Å². The Hall–Kier alpha value is -1.11. The molecule has 212 valence electrons. The van der Waals surface area contributed by atoms with Gasteiger partial charge in [-0.15, -0.1) is 0 Å². The van der Waals surface area contributed by atoms with E-state index in [4.69, 9.17) is 10.6 Å². The molecule has 41 heavy (non-hydrogen) atoms. The second-order valence-electron chi connectivity index (χ2n) is 13.3. The Morgan fingerprint density at radius 2 is 0.683 bits per heavy atom. The maximum atomic E-state index is 5.48. The first-order chi connectivity index (χ1) is 19.8. The van der Waals surface area contributed by atoms with Gasteiger partial charge in [0.15, 0.2) is 0 Å². The smallest absolute Gasteiger partial charge is 0.632 e. The monoisotopic (exact) mass is 562 g/mol. The van der Waals surface area contributed by atoms with E-state index in [1.54, 1.807) is 0 Å². The average Bonchev–Trinajstić information content (AvgIpc) is 3.73. The minimum Gasteiger partial charge on any atom is -0.632 e. The summed E-state index contributed by atoms with van der Waals surface area (Å²) in [7, 11) is 0. The van der Waals surface area contributed by atoms with E-state index in [0.717, 1.165) is 0 Å². The Morgan fingerprint density at radius 3 is 0.951 bits per heavy atom. The molecule has 2 aromatic carbocycles. The SMILES string of the molecule is [Mg+2].c1ccc2c(c1)C1NC2NC2[N-]C(NC3NC(NC4[N-]C(N1)C1CCCCC41)c1ccccc13)C1CCCCC21. The number of nitrogens with zero attached hydrogens (tertiary/aromatic N) is 2. The summed E-state index contributed by atoms with van der Waals surface area (Å²) in [6.07, 6.45) is 11.2. The first kappa shape index (κ1) is 27.4. The van der Waals surface area contributed by atoms with Crippen molar-refractivity contribution in [3.63, 3.8) is 0 Å². The summed E-state index contributed by atoms with van der Waals surface area (Å²) in [5.74, 6) is 2.29. The fourth-order valence-corrected chi connectivity index (χ4v) is 9.40. The number of hydrogen-bond donors (Lipinski definition) is 6. The number of hydrogen-bond acceptors (Lipinski definition) is 6. The molecular weight excluding hydrogens is 521 g/mol. The van der Waals surface area contributed by atoms with E-state index in [9.17, 15) is 0 Å². The minimum absolute atomic E-state index is 0. The second-order valence-corrected chi connectivity index (χ2v) is 13.3. The quantitative estimate of drug-likeness (QED) is 0.268. The van der Waals surface area contributed by atoms with Crippen molar-refractivity contribution in [1.29, 1.82) is 0 Å². The largest absolute Gasteiger partial charge is 2.00 e. The second kappa shape index (κ2) is 11.1. The molecule has 6 N–H and O–H groups in total. The van der Waals surface area contributed by atoms with Crippen LogP contribution in [0.25, 0.3) is 10.6 Å². The standard InChI is InChI=1S/C32H42N8.Mg/c1-2-10-18-17(9-1)25-33-26(18)38-28-21-13-5-6-14-22(21)30(35-28)40-32-24-16-8-7-15-23(24)31(36-32)39-29-20-12-4-3-11-19(20)27(34-29)37-25;/h1-2,7-10,15-16,19-22,25-33,36-40H,3-6,11-14H2;/q-2;+2. The van der Waals surface area contributed by atoms with Gasteiger partial charge in [0.2, 0.25) is 0 Å². The molecule has 7 aliphatic rings. The molecule has 9 rings (SSSR count). The molecule has 5 aliphatic heterocycles. The summed E-state index contributed by atoms with van der Waals surface area (Å²) in [6, 6.07) is 17.9. The molecule has 8 nitrogen and oxygen atoms in total. The van der Waals surface area contributed by atoms with E-state index >= 15 is 0 Å². The summed E-state index contributed by atoms with van der Waals surface area (Å²) in [4.78, 5) is 0. The minimum atomic E-state index is 0. The summed E-state index contributed by atoms with van der Waals surface area (Å²) in [6.45, 7) is 0. The Labute approximate surface area is 259 Å². The Balaban J connectivity index is 0.00000256. The molecule has 3 saturated heterocycles. The molecule has 5 heterocycles. The van der Waals surface area contributed by atoms with E-state index in [1.165, 1.54) is 73.6 Å². The van der Waals surface area contributed by atoms with Crippen molar-refractivity contribution in [2.45, 2.75) is 101 Å². The van der Waals surface area contributed by atoms with Gasteiger partial charge >= 0.3 is 23.1 Å². The van der Waals surface area contributed by atoms with Gasteiger partial charge in [-0.2, -0.15) is 0 Å². The van der Waals surface area contributed by atoms with Crippen molar-refractivity contribution >= 4 is 23.1 Å². The molecule has 0 amide bonds. The maximum Gasteiger partial charge on any atom is 2.00 e. The van der Waals surface area contributed by atoms with Gasteiger partial charge in [0, 0.05) is 0 Å². The predicted molar refractivity (Wildman–Crippen MR) is 161 cm³/mol. The van der Waals surface area contributed by atoms with Crippen LogP contribution in [0.5, 0.6) is 0 Å². The molecule has 12 atom stereocenters. The number of fused-ring (bicyclic) bond motifs is 20. The predicted octanol–water partition coefficient (Wildman–Crippen LogP) is 4.27. The third kappa shape index (κ3) is 4.63. The van der Waals surface area contributed by atoms with Gasteiger partial charge in [-0.3, -0.25) is 10.6 Å². The molecule has 9 heteroatoms. The first-order valence-electron chi connectivity index (χ1n) is 15.9. The number of rotatable bonds is 0. The van der Waals surface area contributed by atoms with Crippen molar-refractivity contribution in [1.82, 2.24) is 31.9 Å². The summed E-state index contributed by atoms with van der Waals surface area (Å²) in [5, 5.41) is 34.9. The zero-order valence-corrected chi connectivity index (χ0v) is 25.2. The van der Waals surface area contributed by atoms with Crippen molar-refractivity contribution in [3.8, 4) is 0 Å². The van der Waals surface area contributed by atoms with Crippen LogP contribution in [0.3, 0.4) is 0 Å². The van der Waals surface area contributed by atoms with Gasteiger partial charge in [0.25, 0.3) is 0 Å². The first-order valence-corrected chi connectivity index (χ1v) is 15.9. The van der Waals surface area contributed by atoms with Crippen molar-refractivity contribution in [2.75, 3.05) is 0 Å². The van der Waals surface area contributed by atoms with Crippen LogP contribution in [-0.2, 0) is 0 Å². The molecule has 8 bridgehead atoms. The van der Waals surface area contributed by atoms with Crippen molar-refractivity contribution in [2.24, 2.45) is 23.7 Å². The van der Waals surface area contributed by atoms with Crippen molar-refractivity contribution in [3.05, 3.63) is 81.4 Å². The Kier molecular flexibility index (Phi) is 7.43. The fraction of sp³-hybridized carbons (Fsp3) is 0.625. The topological polar surface area (TPSA) is 100 Å². The molecule has 0 radical (unpaired) electrons. The van der Waals surface area contributed by atoms with Crippen LogP contribution in [0.4, 0.5) is 0 Å². The molecule has 2 aliphatic carbocycles. The van der Waals surface area contributed by atoms with E-state index < -0.39 is 0 Å². The molecule has 2 saturated carbocycles. The Bertz CT molecular complexity index is 1070. The Morgan fingerprint density at radius 1 is 0.415 bits per heavy atom. The van der Waals surface area contributed by atoms with Crippen LogP contribution in [0, 0.1) is 23.7 Å². The molecule has 2 aromatic rings. The van der Waals surface area contributed by atoms with Crippen LogP contribution in [0.2, 0.25) is 0 Å². The fourth-order valence-electron chi connectivity index (χ4n) is 9.40. The molecule has 5 fully saturated rings. The van der Waals surface area contributed by atoms with Crippen LogP contribution in [0.1, 0.15) is 98.3 Å². The van der Waals surface area contributed by atoms with E-state index in [0.29, 0.717) is 23.7 Å². The zero-order chi connectivity index (χ0) is 26.2. The summed E-state index contributed by atoms with van der Waals surface area (Å²) < 4.78 is 0. The third-order valence-electron chi connectivity index (χ3n) is 11.3. The number of benzene rings is 2. The van der Waals surface area contributed by atoms with Gasteiger partial charge in [-0.1, -0.05) is 125 Å². The van der Waals surface area contributed by atoms with Crippen LogP contribution in [0.15, 0.2) is 48.5 Å². The summed E-state index contributed by atoms with van der Waals surface area (Å²) in [5.41, 5.74) is 5.41. The normalized spacial score (nSPS) is 44.3. The van der Waals surface area contributed by atoms with E-state index in [-0.39, 0.29) is 72.4 Å². The number of nitrogens with one attached hydrogen (secondary N) is 6. The van der Waals surface area contributed by atoms with Crippen LogP contribution in [-0.4, -0.2) is 47.7 Å². The molecule has 0 aromatic heterocycles. The molecular formula is C32H42MgN8.